The van der Waals surface area contributed by atoms with Crippen LogP contribution >= 0.6 is 0 Å². The fraction of sp³-hybridized carbons (Fsp3) is 0.733. The Morgan fingerprint density at radius 3 is 2.00 bits per heavy atom. The van der Waals surface area contributed by atoms with Gasteiger partial charge in [-0.25, -0.2) is 4.79 Å². The van der Waals surface area contributed by atoms with Gasteiger partial charge in [0.05, 0.1) is 6.61 Å². The highest BCUT2D eigenvalue weighted by Crippen LogP contribution is 2.14. The summed E-state index contributed by atoms with van der Waals surface area (Å²) in [6.07, 6.45) is 4.45. The summed E-state index contributed by atoms with van der Waals surface area (Å²) in [5, 5.41) is 9.05. The van der Waals surface area contributed by atoms with Crippen LogP contribution in [-0.4, -0.2) is 47.1 Å². The van der Waals surface area contributed by atoms with Crippen molar-refractivity contribution in [2.75, 3.05) is 13.2 Å². The SMILES string of the molecule is O=C(CCCCCCCC(=O)ON1C(=O)CCC1=O)OCCO. The Kier molecular flexibility index (Phi) is 8.89. The van der Waals surface area contributed by atoms with Crippen LogP contribution < -0.4 is 0 Å². The normalized spacial score (nSPS) is 14.2. The van der Waals surface area contributed by atoms with Crippen molar-refractivity contribution < 1.29 is 33.9 Å². The van der Waals surface area contributed by atoms with Crippen molar-refractivity contribution in [2.45, 2.75) is 57.8 Å². The number of aliphatic hydroxyl groups excluding tert-OH is 1. The minimum Gasteiger partial charge on any atom is -0.463 e. The molecule has 1 fully saturated rings. The first-order valence-electron chi connectivity index (χ1n) is 7.87. The van der Waals surface area contributed by atoms with Crippen LogP contribution in [0.2, 0.25) is 0 Å². The summed E-state index contributed by atoms with van der Waals surface area (Å²) in [7, 11) is 0. The maximum atomic E-state index is 11.5. The van der Waals surface area contributed by atoms with Gasteiger partial charge in [-0.05, 0) is 12.8 Å². The second kappa shape index (κ2) is 10.7. The number of rotatable bonds is 11. The zero-order valence-corrected chi connectivity index (χ0v) is 13.1. The summed E-state index contributed by atoms with van der Waals surface area (Å²) in [5.41, 5.74) is 0. The summed E-state index contributed by atoms with van der Waals surface area (Å²) < 4.78 is 4.72. The smallest absolute Gasteiger partial charge is 0.333 e. The lowest BCUT2D eigenvalue weighted by Gasteiger charge is -2.12. The third-order valence-corrected chi connectivity index (χ3v) is 3.32. The summed E-state index contributed by atoms with van der Waals surface area (Å²) >= 11 is 0. The standard InChI is InChI=1S/C15H23NO7/c17-10-11-22-14(20)6-4-2-1-3-5-7-15(21)23-16-12(18)8-9-13(16)19/h17H,1-11H2. The van der Waals surface area contributed by atoms with Crippen LogP contribution in [-0.2, 0) is 28.8 Å². The minimum absolute atomic E-state index is 0.0307. The summed E-state index contributed by atoms with van der Waals surface area (Å²) in [6, 6.07) is 0. The molecule has 1 aliphatic rings. The highest BCUT2D eigenvalue weighted by atomic mass is 16.7. The number of carbonyl (C=O) groups is 4. The molecule has 2 amide bonds. The minimum atomic E-state index is -0.582. The molecule has 130 valence electrons. The van der Waals surface area contributed by atoms with E-state index in [1.807, 2.05) is 0 Å². The van der Waals surface area contributed by atoms with Crippen LogP contribution in [0.25, 0.3) is 0 Å². The Morgan fingerprint density at radius 1 is 0.913 bits per heavy atom. The van der Waals surface area contributed by atoms with Crippen LogP contribution in [0.1, 0.15) is 57.8 Å². The predicted octanol–water partition coefficient (Wildman–Crippen LogP) is 0.860. The topological polar surface area (TPSA) is 110 Å². The average Bonchev–Trinajstić information content (AvgIpc) is 2.83. The molecule has 0 spiro atoms. The molecule has 8 nitrogen and oxygen atoms in total. The number of unbranched alkanes of at least 4 members (excludes halogenated alkanes) is 4. The van der Waals surface area contributed by atoms with Gasteiger partial charge in [0.15, 0.2) is 0 Å². The Hall–Kier alpha value is -1.96. The largest absolute Gasteiger partial charge is 0.463 e. The van der Waals surface area contributed by atoms with Crippen molar-refractivity contribution in [2.24, 2.45) is 0 Å². The van der Waals surface area contributed by atoms with Gasteiger partial charge in [-0.15, -0.1) is 5.06 Å². The first-order chi connectivity index (χ1) is 11.0. The number of amides is 2. The highest BCUT2D eigenvalue weighted by Gasteiger charge is 2.32. The molecule has 1 heterocycles. The molecule has 0 unspecified atom stereocenters. The van der Waals surface area contributed by atoms with E-state index in [1.165, 1.54) is 0 Å². The highest BCUT2D eigenvalue weighted by molar-refractivity contribution is 6.01. The lowest BCUT2D eigenvalue weighted by Crippen LogP contribution is -2.31. The van der Waals surface area contributed by atoms with Gasteiger partial charge in [-0.1, -0.05) is 19.3 Å². The lowest BCUT2D eigenvalue weighted by atomic mass is 10.1. The number of hydroxylamine groups is 2. The van der Waals surface area contributed by atoms with Crippen LogP contribution in [0, 0.1) is 0 Å². The zero-order chi connectivity index (χ0) is 17.1. The van der Waals surface area contributed by atoms with E-state index in [4.69, 9.17) is 14.7 Å². The van der Waals surface area contributed by atoms with Gasteiger partial charge in [0.25, 0.3) is 11.8 Å². The van der Waals surface area contributed by atoms with Crippen LogP contribution in [0.3, 0.4) is 0 Å². The summed E-state index contributed by atoms with van der Waals surface area (Å²) in [4.78, 5) is 49.9. The first-order valence-corrected chi connectivity index (χ1v) is 7.87. The van der Waals surface area contributed by atoms with Gasteiger partial charge in [0.1, 0.15) is 6.61 Å². The maximum Gasteiger partial charge on any atom is 0.333 e. The summed E-state index contributed by atoms with van der Waals surface area (Å²) in [6.45, 7) is -0.139. The number of aliphatic hydroxyl groups is 1. The maximum absolute atomic E-state index is 11.5. The van der Waals surface area contributed by atoms with Gasteiger partial charge in [0, 0.05) is 25.7 Å². The first kappa shape index (κ1) is 19.1. The van der Waals surface area contributed by atoms with E-state index < -0.39 is 17.8 Å². The quantitative estimate of drug-likeness (QED) is 0.340. The van der Waals surface area contributed by atoms with Gasteiger partial charge in [-0.3, -0.25) is 14.4 Å². The molecule has 0 bridgehead atoms. The van der Waals surface area contributed by atoms with Gasteiger partial charge in [0.2, 0.25) is 0 Å². The van der Waals surface area contributed by atoms with E-state index >= 15 is 0 Å². The monoisotopic (exact) mass is 329 g/mol. The van der Waals surface area contributed by atoms with Gasteiger partial charge >= 0.3 is 11.9 Å². The molecule has 1 rings (SSSR count). The van der Waals surface area contributed by atoms with Gasteiger partial charge in [-0.2, -0.15) is 0 Å². The molecule has 1 saturated heterocycles. The Labute approximate surface area is 134 Å². The number of imide groups is 1. The van der Waals surface area contributed by atoms with Crippen LogP contribution in [0.4, 0.5) is 0 Å². The zero-order valence-electron chi connectivity index (χ0n) is 13.1. The molecule has 8 heteroatoms. The molecule has 1 N–H and O–H groups in total. The molecule has 0 aromatic heterocycles. The summed E-state index contributed by atoms with van der Waals surface area (Å²) in [5.74, 6) is -1.85. The third-order valence-electron chi connectivity index (χ3n) is 3.32. The molecule has 0 radical (unpaired) electrons. The van der Waals surface area contributed by atoms with Crippen molar-refractivity contribution in [1.29, 1.82) is 0 Å². The van der Waals surface area contributed by atoms with Crippen molar-refractivity contribution in [3.05, 3.63) is 0 Å². The molecular formula is C15H23NO7. The van der Waals surface area contributed by atoms with E-state index in [2.05, 4.69) is 0 Å². The Bertz CT molecular complexity index is 420. The number of carbonyl (C=O) groups excluding carboxylic acids is 4. The van der Waals surface area contributed by atoms with Crippen molar-refractivity contribution in [1.82, 2.24) is 5.06 Å². The molecule has 0 saturated carbocycles. The Balaban J connectivity index is 1.98. The van der Waals surface area contributed by atoms with Crippen LogP contribution in [0.15, 0.2) is 0 Å². The molecular weight excluding hydrogens is 306 g/mol. The number of esters is 1. The van der Waals surface area contributed by atoms with E-state index in [0.29, 0.717) is 24.3 Å². The van der Waals surface area contributed by atoms with E-state index in [9.17, 15) is 19.2 Å². The average molecular weight is 329 g/mol. The van der Waals surface area contributed by atoms with E-state index in [1.54, 1.807) is 0 Å². The fourth-order valence-corrected chi connectivity index (χ4v) is 2.11. The molecule has 0 atom stereocenters. The van der Waals surface area contributed by atoms with Gasteiger partial charge < -0.3 is 14.7 Å². The fourth-order valence-electron chi connectivity index (χ4n) is 2.11. The lowest BCUT2D eigenvalue weighted by molar-refractivity contribution is -0.197. The molecule has 0 aromatic rings. The number of hydrogen-bond donors (Lipinski definition) is 1. The van der Waals surface area contributed by atoms with Crippen molar-refractivity contribution in [3.8, 4) is 0 Å². The van der Waals surface area contributed by atoms with Crippen LogP contribution in [0.5, 0.6) is 0 Å². The number of nitrogens with zero attached hydrogens (tertiary/aromatic N) is 1. The van der Waals surface area contributed by atoms with E-state index in [-0.39, 0.29) is 38.4 Å². The molecule has 0 aliphatic carbocycles. The van der Waals surface area contributed by atoms with E-state index in [0.717, 1.165) is 19.3 Å². The Morgan fingerprint density at radius 2 is 1.43 bits per heavy atom. The van der Waals surface area contributed by atoms with Crippen molar-refractivity contribution in [3.63, 3.8) is 0 Å². The second-order valence-electron chi connectivity index (χ2n) is 5.26. The number of hydrogen-bond acceptors (Lipinski definition) is 7. The predicted molar refractivity (Wildman–Crippen MR) is 77.5 cm³/mol. The number of ether oxygens (including phenoxy) is 1. The molecule has 1 aliphatic heterocycles. The second-order valence-corrected chi connectivity index (χ2v) is 5.26. The molecule has 0 aromatic carbocycles. The van der Waals surface area contributed by atoms with Crippen molar-refractivity contribution >= 4 is 23.8 Å². The third kappa shape index (κ3) is 7.73. The molecule has 23 heavy (non-hydrogen) atoms.